The molecule has 0 aliphatic carbocycles. The molecule has 2 aliphatic heterocycles. The Morgan fingerprint density at radius 3 is 2.62 bits per heavy atom. The van der Waals surface area contributed by atoms with Crippen molar-refractivity contribution in [3.05, 3.63) is 63.6 Å². The van der Waals surface area contributed by atoms with Gasteiger partial charge in [-0.2, -0.15) is 5.10 Å². The summed E-state index contributed by atoms with van der Waals surface area (Å²) in [7, 11) is 0. The minimum atomic E-state index is -0.137. The Morgan fingerprint density at radius 1 is 1.17 bits per heavy atom. The molecule has 0 N–H and O–H groups in total. The zero-order chi connectivity index (χ0) is 16.8. The number of ether oxygens (including phenoxy) is 1. The summed E-state index contributed by atoms with van der Waals surface area (Å²) in [5.41, 5.74) is 3.22. The molecule has 0 fully saturated rings. The summed E-state index contributed by atoms with van der Waals surface area (Å²) < 4.78 is 6.21. The summed E-state index contributed by atoms with van der Waals surface area (Å²) in [6.07, 6.45) is 0.683. The van der Waals surface area contributed by atoms with Gasteiger partial charge in [-0.1, -0.05) is 67.4 Å². The number of hydrogen-bond donors (Lipinski definition) is 0. The van der Waals surface area contributed by atoms with Crippen molar-refractivity contribution in [1.29, 1.82) is 0 Å². The first-order valence-corrected chi connectivity index (χ1v) is 8.87. The van der Waals surface area contributed by atoms with E-state index in [0.29, 0.717) is 10.0 Å². The van der Waals surface area contributed by atoms with E-state index in [4.69, 9.17) is 33.0 Å². The predicted octanol–water partition coefficient (Wildman–Crippen LogP) is 5.52. The zero-order valence-electron chi connectivity index (χ0n) is 13.5. The molecule has 2 aromatic rings. The molecule has 0 radical (unpaired) electrons. The first kappa shape index (κ1) is 15.8. The summed E-state index contributed by atoms with van der Waals surface area (Å²) in [6.45, 7) is 4.26. The number of hydrazone groups is 1. The molecular formula is C19H18Cl2N2O. The smallest absolute Gasteiger partial charge is 0.190 e. The maximum Gasteiger partial charge on any atom is 0.190 e. The topological polar surface area (TPSA) is 24.8 Å². The van der Waals surface area contributed by atoms with Gasteiger partial charge >= 0.3 is 0 Å². The van der Waals surface area contributed by atoms with Gasteiger partial charge in [-0.05, 0) is 17.7 Å². The number of fused-ring (bicyclic) bond motifs is 3. The van der Waals surface area contributed by atoms with E-state index in [-0.39, 0.29) is 18.2 Å². The monoisotopic (exact) mass is 360 g/mol. The lowest BCUT2D eigenvalue weighted by Crippen LogP contribution is -2.43. The number of nitrogens with zero attached hydrogens (tertiary/aromatic N) is 2. The maximum atomic E-state index is 6.40. The summed E-state index contributed by atoms with van der Waals surface area (Å²) in [5, 5.41) is 8.14. The van der Waals surface area contributed by atoms with Gasteiger partial charge in [-0.15, -0.1) is 0 Å². The average molecular weight is 361 g/mol. The molecule has 0 saturated heterocycles. The Labute approximate surface area is 151 Å². The van der Waals surface area contributed by atoms with E-state index in [2.05, 4.69) is 31.0 Å². The third-order valence-corrected chi connectivity index (χ3v) is 5.01. The van der Waals surface area contributed by atoms with Crippen LogP contribution in [0.25, 0.3) is 0 Å². The number of halogens is 2. The Bertz CT molecular complexity index is 805. The highest BCUT2D eigenvalue weighted by Gasteiger charge is 2.42. The lowest BCUT2D eigenvalue weighted by molar-refractivity contribution is -0.0460. The second-order valence-corrected chi connectivity index (χ2v) is 7.41. The van der Waals surface area contributed by atoms with Gasteiger partial charge in [0.25, 0.3) is 0 Å². The van der Waals surface area contributed by atoms with E-state index in [1.807, 2.05) is 24.3 Å². The molecule has 24 heavy (non-hydrogen) atoms. The molecule has 2 aromatic carbocycles. The van der Waals surface area contributed by atoms with Crippen molar-refractivity contribution >= 4 is 28.9 Å². The molecule has 3 nitrogen and oxygen atoms in total. The van der Waals surface area contributed by atoms with Gasteiger partial charge in [0.1, 0.15) is 5.75 Å². The fourth-order valence-corrected chi connectivity index (χ4v) is 3.94. The van der Waals surface area contributed by atoms with Crippen molar-refractivity contribution in [2.24, 2.45) is 11.0 Å². The minimum absolute atomic E-state index is 0.104. The van der Waals surface area contributed by atoms with Gasteiger partial charge < -0.3 is 4.74 Å². The Hall–Kier alpha value is -1.71. The highest BCUT2D eigenvalue weighted by atomic mass is 35.5. The molecule has 0 saturated carbocycles. The standard InChI is InChI=1S/C19H18Cl2N2O/c1-11(2)19-23-17(10-16(22-23)12-6-4-3-5-7-12)14-8-13(20)9-15(21)18(14)24-19/h3-9,11,17,19H,10H2,1-2H3. The first-order chi connectivity index (χ1) is 11.5. The highest BCUT2D eigenvalue weighted by molar-refractivity contribution is 6.35. The summed E-state index contributed by atoms with van der Waals surface area (Å²) >= 11 is 12.6. The van der Waals surface area contributed by atoms with Gasteiger partial charge in [0.15, 0.2) is 6.23 Å². The van der Waals surface area contributed by atoms with Crippen molar-refractivity contribution in [1.82, 2.24) is 5.01 Å². The van der Waals surface area contributed by atoms with Crippen LogP contribution in [-0.4, -0.2) is 16.9 Å². The van der Waals surface area contributed by atoms with E-state index in [1.54, 1.807) is 6.07 Å². The fourth-order valence-electron chi connectivity index (χ4n) is 3.39. The molecule has 0 aromatic heterocycles. The van der Waals surface area contributed by atoms with Crippen LogP contribution in [0.4, 0.5) is 0 Å². The second-order valence-electron chi connectivity index (χ2n) is 6.57. The molecule has 5 heteroatoms. The number of benzene rings is 2. The van der Waals surface area contributed by atoms with Crippen LogP contribution in [-0.2, 0) is 0 Å². The van der Waals surface area contributed by atoms with Crippen LogP contribution in [0.5, 0.6) is 5.75 Å². The molecule has 124 valence electrons. The van der Waals surface area contributed by atoms with Gasteiger partial charge in [0.05, 0.1) is 16.8 Å². The summed E-state index contributed by atoms with van der Waals surface area (Å²) in [4.78, 5) is 0. The normalized spacial score (nSPS) is 22.0. The van der Waals surface area contributed by atoms with E-state index < -0.39 is 0 Å². The minimum Gasteiger partial charge on any atom is -0.467 e. The van der Waals surface area contributed by atoms with E-state index in [1.165, 1.54) is 0 Å². The molecule has 0 amide bonds. The van der Waals surface area contributed by atoms with Gasteiger partial charge in [-0.3, -0.25) is 0 Å². The number of hydrogen-bond acceptors (Lipinski definition) is 3. The number of rotatable bonds is 2. The molecule has 2 heterocycles. The Balaban J connectivity index is 1.80. The SMILES string of the molecule is CC(C)C1Oc2c(Cl)cc(Cl)cc2C2CC(c3ccccc3)=NN21. The van der Waals surface area contributed by atoms with Crippen LogP contribution in [0, 0.1) is 5.92 Å². The second kappa shape index (κ2) is 5.98. The van der Waals surface area contributed by atoms with Crippen molar-refractivity contribution in [3.63, 3.8) is 0 Å². The van der Waals surface area contributed by atoms with E-state index >= 15 is 0 Å². The highest BCUT2D eigenvalue weighted by Crippen LogP contribution is 2.48. The lowest BCUT2D eigenvalue weighted by Gasteiger charge is -2.40. The molecule has 0 spiro atoms. The van der Waals surface area contributed by atoms with E-state index in [0.717, 1.165) is 29.0 Å². The van der Waals surface area contributed by atoms with Crippen molar-refractivity contribution in [3.8, 4) is 5.75 Å². The molecule has 2 unspecified atom stereocenters. The molecular weight excluding hydrogens is 343 g/mol. The summed E-state index contributed by atoms with van der Waals surface area (Å²) in [6, 6.07) is 14.1. The van der Waals surface area contributed by atoms with Crippen LogP contribution < -0.4 is 4.74 Å². The molecule has 0 bridgehead atoms. The average Bonchev–Trinajstić information content (AvgIpc) is 3.00. The van der Waals surface area contributed by atoms with Crippen LogP contribution in [0.15, 0.2) is 47.6 Å². The maximum absolute atomic E-state index is 6.40. The quantitative estimate of drug-likeness (QED) is 0.704. The third kappa shape index (κ3) is 2.56. The van der Waals surface area contributed by atoms with Crippen molar-refractivity contribution in [2.45, 2.75) is 32.5 Å². The lowest BCUT2D eigenvalue weighted by atomic mass is 9.95. The van der Waals surface area contributed by atoms with Crippen LogP contribution in [0.2, 0.25) is 10.0 Å². The van der Waals surface area contributed by atoms with E-state index in [9.17, 15) is 0 Å². The van der Waals surface area contributed by atoms with Crippen LogP contribution in [0.3, 0.4) is 0 Å². The van der Waals surface area contributed by atoms with Gasteiger partial charge in [0.2, 0.25) is 0 Å². The summed E-state index contributed by atoms with van der Waals surface area (Å²) in [5.74, 6) is 1.02. The molecule has 2 aliphatic rings. The molecule has 4 rings (SSSR count). The van der Waals surface area contributed by atoms with Crippen molar-refractivity contribution < 1.29 is 4.74 Å². The molecule has 2 atom stereocenters. The predicted molar refractivity (Wildman–Crippen MR) is 97.9 cm³/mol. The van der Waals surface area contributed by atoms with Gasteiger partial charge in [0, 0.05) is 22.9 Å². The van der Waals surface area contributed by atoms with Crippen LogP contribution in [0.1, 0.15) is 37.4 Å². The third-order valence-electron chi connectivity index (χ3n) is 4.51. The first-order valence-electron chi connectivity index (χ1n) is 8.11. The largest absolute Gasteiger partial charge is 0.467 e. The van der Waals surface area contributed by atoms with Crippen molar-refractivity contribution in [2.75, 3.05) is 0 Å². The fraction of sp³-hybridized carbons (Fsp3) is 0.316. The zero-order valence-corrected chi connectivity index (χ0v) is 15.1. The van der Waals surface area contributed by atoms with Crippen LogP contribution >= 0.6 is 23.2 Å². The van der Waals surface area contributed by atoms with Gasteiger partial charge in [-0.25, -0.2) is 5.01 Å². The Morgan fingerprint density at radius 2 is 1.92 bits per heavy atom. The Kier molecular flexibility index (Phi) is 3.93.